The van der Waals surface area contributed by atoms with Crippen molar-refractivity contribution in [3.8, 4) is 0 Å². The Morgan fingerprint density at radius 1 is 1.16 bits per heavy atom. The van der Waals surface area contributed by atoms with E-state index in [0.29, 0.717) is 0 Å². The molecule has 0 aliphatic carbocycles. The molecule has 2 aromatic carbocycles. The van der Waals surface area contributed by atoms with Gasteiger partial charge in [0.2, 0.25) is 5.91 Å². The van der Waals surface area contributed by atoms with Gasteiger partial charge in [0, 0.05) is 9.58 Å². The van der Waals surface area contributed by atoms with Crippen molar-refractivity contribution in [1.82, 2.24) is 5.32 Å². The lowest BCUT2D eigenvalue weighted by Crippen LogP contribution is -2.40. The van der Waals surface area contributed by atoms with E-state index in [9.17, 15) is 9.90 Å². The molecule has 0 spiro atoms. The highest BCUT2D eigenvalue weighted by Gasteiger charge is 2.28. The van der Waals surface area contributed by atoms with Crippen molar-refractivity contribution in [2.75, 3.05) is 6.54 Å². The number of carbonyl (C=O) groups is 1. The van der Waals surface area contributed by atoms with Crippen LogP contribution in [0.4, 0.5) is 0 Å². The summed E-state index contributed by atoms with van der Waals surface area (Å²) in [5.41, 5.74) is -0.0853. The number of thiophene rings is 1. The molecule has 3 nitrogen and oxygen atoms in total. The van der Waals surface area contributed by atoms with E-state index in [0.717, 1.165) is 26.9 Å². The molecule has 0 bridgehead atoms. The maximum Gasteiger partial charge on any atom is 0.227 e. The third-order valence-electron chi connectivity index (χ3n) is 4.49. The fraction of sp³-hybridized carbons (Fsp3) is 0.286. The number of rotatable bonds is 6. The van der Waals surface area contributed by atoms with Crippen molar-refractivity contribution in [2.24, 2.45) is 0 Å². The number of hydrogen-bond donors (Lipinski definition) is 2. The molecule has 2 N–H and O–H groups in total. The van der Waals surface area contributed by atoms with Gasteiger partial charge in [0.1, 0.15) is 5.60 Å². The van der Waals surface area contributed by atoms with Crippen LogP contribution >= 0.6 is 11.3 Å². The predicted octanol–water partition coefficient (Wildman–Crippen LogP) is 4.42. The highest BCUT2D eigenvalue weighted by Crippen LogP contribution is 2.33. The number of hydrogen-bond acceptors (Lipinski definition) is 3. The molecule has 0 aliphatic rings. The van der Waals surface area contributed by atoms with Gasteiger partial charge in [-0.15, -0.1) is 11.3 Å². The largest absolute Gasteiger partial charge is 0.383 e. The standard InChI is InChI=1S/C21H23NO2S/c1-3-17(15-9-5-4-6-10-15)20(23)22-14-21(2,24)19-13-16-11-7-8-12-18(16)25-19/h4-13,17,24H,3,14H2,1-2H3,(H,22,23)/t17-,21+/m1/s1. The monoisotopic (exact) mass is 353 g/mol. The van der Waals surface area contributed by atoms with Crippen LogP contribution in [0.15, 0.2) is 60.7 Å². The van der Waals surface area contributed by atoms with Crippen LogP contribution < -0.4 is 5.32 Å². The second-order valence-corrected chi connectivity index (χ2v) is 7.60. The average Bonchev–Trinajstić information content (AvgIpc) is 3.07. The summed E-state index contributed by atoms with van der Waals surface area (Å²) in [5, 5.41) is 14.9. The quantitative estimate of drug-likeness (QED) is 0.689. The molecule has 4 heteroatoms. The number of carbonyl (C=O) groups excluding carboxylic acids is 1. The number of benzene rings is 2. The molecule has 3 rings (SSSR count). The molecule has 0 saturated heterocycles. The van der Waals surface area contributed by atoms with Crippen LogP contribution in [-0.4, -0.2) is 17.6 Å². The lowest BCUT2D eigenvalue weighted by molar-refractivity contribution is -0.123. The Kier molecular flexibility index (Phi) is 5.21. The average molecular weight is 353 g/mol. The van der Waals surface area contributed by atoms with Crippen molar-refractivity contribution in [2.45, 2.75) is 31.8 Å². The molecule has 25 heavy (non-hydrogen) atoms. The minimum Gasteiger partial charge on any atom is -0.383 e. The molecule has 0 saturated carbocycles. The number of nitrogens with one attached hydrogen (secondary N) is 1. The lowest BCUT2D eigenvalue weighted by Gasteiger charge is -2.24. The Morgan fingerprint density at radius 2 is 1.84 bits per heavy atom. The molecular formula is C21H23NO2S. The van der Waals surface area contributed by atoms with E-state index in [-0.39, 0.29) is 18.4 Å². The van der Waals surface area contributed by atoms with Gasteiger partial charge >= 0.3 is 0 Å². The summed E-state index contributed by atoms with van der Waals surface area (Å²) in [7, 11) is 0. The molecule has 1 amide bonds. The van der Waals surface area contributed by atoms with Crippen molar-refractivity contribution in [3.05, 3.63) is 71.1 Å². The molecule has 0 unspecified atom stereocenters. The van der Waals surface area contributed by atoms with E-state index >= 15 is 0 Å². The van der Waals surface area contributed by atoms with E-state index in [1.54, 1.807) is 18.3 Å². The van der Waals surface area contributed by atoms with E-state index < -0.39 is 5.60 Å². The minimum atomic E-state index is -1.09. The van der Waals surface area contributed by atoms with Crippen LogP contribution in [0, 0.1) is 0 Å². The van der Waals surface area contributed by atoms with Crippen molar-refractivity contribution < 1.29 is 9.90 Å². The summed E-state index contributed by atoms with van der Waals surface area (Å²) in [6, 6.07) is 19.8. The summed E-state index contributed by atoms with van der Waals surface area (Å²) in [6.45, 7) is 3.95. The fourth-order valence-corrected chi connectivity index (χ4v) is 4.08. The summed E-state index contributed by atoms with van der Waals surface area (Å²) < 4.78 is 1.14. The zero-order chi connectivity index (χ0) is 17.9. The highest BCUT2D eigenvalue weighted by atomic mass is 32.1. The lowest BCUT2D eigenvalue weighted by atomic mass is 9.95. The van der Waals surface area contributed by atoms with E-state index in [1.807, 2.05) is 67.6 Å². The van der Waals surface area contributed by atoms with Gasteiger partial charge in [0.05, 0.1) is 12.5 Å². The molecule has 130 valence electrons. The van der Waals surface area contributed by atoms with Gasteiger partial charge in [0.15, 0.2) is 0 Å². The van der Waals surface area contributed by atoms with Crippen molar-refractivity contribution in [1.29, 1.82) is 0 Å². The molecular weight excluding hydrogens is 330 g/mol. The predicted molar refractivity (Wildman–Crippen MR) is 104 cm³/mol. The zero-order valence-electron chi connectivity index (χ0n) is 14.5. The number of amides is 1. The summed E-state index contributed by atoms with van der Waals surface area (Å²) in [6.07, 6.45) is 0.723. The molecule has 2 atom stereocenters. The van der Waals surface area contributed by atoms with Crippen LogP contribution in [0.25, 0.3) is 10.1 Å². The van der Waals surface area contributed by atoms with Gasteiger partial charge in [0.25, 0.3) is 0 Å². The molecule has 3 aromatic rings. The highest BCUT2D eigenvalue weighted by molar-refractivity contribution is 7.19. The normalized spacial score (nSPS) is 14.8. The molecule has 0 aliphatic heterocycles. The molecule has 0 radical (unpaired) electrons. The van der Waals surface area contributed by atoms with E-state index in [4.69, 9.17) is 0 Å². The van der Waals surface area contributed by atoms with Crippen molar-refractivity contribution in [3.63, 3.8) is 0 Å². The number of aliphatic hydroxyl groups is 1. The zero-order valence-corrected chi connectivity index (χ0v) is 15.3. The Bertz CT molecular complexity index is 821. The Balaban J connectivity index is 1.71. The molecule has 0 fully saturated rings. The van der Waals surface area contributed by atoms with Crippen LogP contribution in [0.5, 0.6) is 0 Å². The van der Waals surface area contributed by atoms with Crippen LogP contribution in [0.1, 0.15) is 36.6 Å². The maximum atomic E-state index is 12.6. The number of fused-ring (bicyclic) bond motifs is 1. The first-order valence-corrected chi connectivity index (χ1v) is 9.37. The molecule has 1 heterocycles. The first-order valence-electron chi connectivity index (χ1n) is 8.55. The van der Waals surface area contributed by atoms with E-state index in [2.05, 4.69) is 5.32 Å². The van der Waals surface area contributed by atoms with E-state index in [1.165, 1.54) is 0 Å². The summed E-state index contributed by atoms with van der Waals surface area (Å²) >= 11 is 1.57. The topological polar surface area (TPSA) is 49.3 Å². The SMILES string of the molecule is CC[C@@H](C(=O)NC[C@](C)(O)c1cc2ccccc2s1)c1ccccc1. The van der Waals surface area contributed by atoms with Gasteiger partial charge < -0.3 is 10.4 Å². The van der Waals surface area contributed by atoms with Crippen LogP contribution in [-0.2, 0) is 10.4 Å². The third-order valence-corrected chi connectivity index (χ3v) is 5.86. The first-order chi connectivity index (χ1) is 12.0. The fourth-order valence-electron chi connectivity index (χ4n) is 2.97. The van der Waals surface area contributed by atoms with Crippen molar-refractivity contribution >= 4 is 27.3 Å². The van der Waals surface area contributed by atoms with Crippen LogP contribution in [0.2, 0.25) is 0 Å². The molecule has 1 aromatic heterocycles. The summed E-state index contributed by atoms with van der Waals surface area (Å²) in [4.78, 5) is 13.5. The second-order valence-electron chi connectivity index (χ2n) is 6.51. The minimum absolute atomic E-state index is 0.0462. The van der Waals surface area contributed by atoms with Gasteiger partial charge in [-0.25, -0.2) is 0 Å². The second kappa shape index (κ2) is 7.38. The Hall–Kier alpha value is -2.17. The van der Waals surface area contributed by atoms with Gasteiger partial charge in [-0.1, -0.05) is 55.5 Å². The maximum absolute atomic E-state index is 12.6. The van der Waals surface area contributed by atoms with Gasteiger partial charge in [-0.2, -0.15) is 0 Å². The van der Waals surface area contributed by atoms with Gasteiger partial charge in [-0.3, -0.25) is 4.79 Å². The summed E-state index contributed by atoms with van der Waals surface area (Å²) in [5.74, 6) is -0.241. The first kappa shape index (κ1) is 17.6. The van der Waals surface area contributed by atoms with Crippen LogP contribution in [0.3, 0.4) is 0 Å². The smallest absolute Gasteiger partial charge is 0.227 e. The third kappa shape index (κ3) is 3.91. The van der Waals surface area contributed by atoms with Gasteiger partial charge in [-0.05, 0) is 36.4 Å². The Labute approximate surface area is 152 Å². The Morgan fingerprint density at radius 3 is 2.52 bits per heavy atom.